The van der Waals surface area contributed by atoms with Gasteiger partial charge in [-0.1, -0.05) is 12.5 Å². The van der Waals surface area contributed by atoms with E-state index >= 15 is 0 Å². The zero-order valence-corrected chi connectivity index (χ0v) is 12.5. The van der Waals surface area contributed by atoms with E-state index in [0.717, 1.165) is 18.4 Å². The molecule has 1 aromatic rings. The van der Waals surface area contributed by atoms with E-state index in [1.807, 2.05) is 0 Å². The van der Waals surface area contributed by atoms with Gasteiger partial charge in [0.25, 0.3) is 0 Å². The van der Waals surface area contributed by atoms with Crippen LogP contribution in [-0.4, -0.2) is 43.6 Å². The first-order chi connectivity index (χ1) is 10.0. The molecule has 1 fully saturated rings. The fourth-order valence-electron chi connectivity index (χ4n) is 3.15. The summed E-state index contributed by atoms with van der Waals surface area (Å²) in [6, 6.07) is 3.89. The Labute approximate surface area is 124 Å². The normalized spacial score (nSPS) is 23.3. The van der Waals surface area contributed by atoms with Gasteiger partial charge in [-0.25, -0.2) is 4.39 Å². The number of nitrogens with zero attached hydrogens (tertiary/aromatic N) is 2. The fourth-order valence-corrected chi connectivity index (χ4v) is 5.05. The molecule has 1 N–H and O–H groups in total. The van der Waals surface area contributed by atoms with Crippen LogP contribution >= 0.6 is 0 Å². The summed E-state index contributed by atoms with van der Waals surface area (Å²) in [6.45, 7) is 0.563. The van der Waals surface area contributed by atoms with Gasteiger partial charge in [0.05, 0.1) is 12.3 Å². The molecule has 0 saturated carbocycles. The maximum absolute atomic E-state index is 13.4. The standard InChI is InChI=1S/C14H19FN2O3S/c15-12-5-4-11-6-8-17(14(11)9-12)21(19,20)16-7-2-1-3-13(16)10-18/h4-5,9,13,18H,1-3,6-8,10H2. The van der Waals surface area contributed by atoms with E-state index in [2.05, 4.69) is 0 Å². The fraction of sp³-hybridized carbons (Fsp3) is 0.571. The second-order valence-corrected chi connectivity index (χ2v) is 7.35. The molecule has 0 aliphatic carbocycles. The number of hydrogen-bond acceptors (Lipinski definition) is 3. The average molecular weight is 314 g/mol. The zero-order valence-electron chi connectivity index (χ0n) is 11.7. The summed E-state index contributed by atoms with van der Waals surface area (Å²) >= 11 is 0. The molecular formula is C14H19FN2O3S. The van der Waals surface area contributed by atoms with Crippen molar-refractivity contribution in [1.82, 2.24) is 4.31 Å². The van der Waals surface area contributed by atoms with E-state index in [4.69, 9.17) is 0 Å². The third-order valence-corrected chi connectivity index (χ3v) is 6.27. The van der Waals surface area contributed by atoms with Gasteiger partial charge in [-0.15, -0.1) is 0 Å². The lowest BCUT2D eigenvalue weighted by atomic mass is 10.1. The SMILES string of the molecule is O=S(=O)(N1CCc2ccc(F)cc21)N1CCCCC1CO. The van der Waals surface area contributed by atoms with Gasteiger partial charge in [0.2, 0.25) is 0 Å². The Morgan fingerprint density at radius 2 is 2.10 bits per heavy atom. The van der Waals surface area contributed by atoms with Gasteiger partial charge >= 0.3 is 10.2 Å². The summed E-state index contributed by atoms with van der Waals surface area (Å²) in [4.78, 5) is 0. The Morgan fingerprint density at radius 3 is 2.86 bits per heavy atom. The lowest BCUT2D eigenvalue weighted by molar-refractivity contribution is 0.155. The van der Waals surface area contributed by atoms with Crippen LogP contribution in [0.3, 0.4) is 0 Å². The minimum atomic E-state index is -3.71. The van der Waals surface area contributed by atoms with E-state index in [1.165, 1.54) is 20.7 Å². The van der Waals surface area contributed by atoms with Crippen LogP contribution in [0, 0.1) is 5.82 Å². The van der Waals surface area contributed by atoms with Crippen molar-refractivity contribution in [3.8, 4) is 0 Å². The molecule has 2 aliphatic heterocycles. The van der Waals surface area contributed by atoms with E-state index in [1.54, 1.807) is 6.07 Å². The number of aliphatic hydroxyl groups is 1. The molecule has 1 aromatic carbocycles. The first kappa shape index (κ1) is 14.7. The van der Waals surface area contributed by atoms with Crippen molar-refractivity contribution in [2.75, 3.05) is 24.0 Å². The van der Waals surface area contributed by atoms with Crippen LogP contribution in [0.15, 0.2) is 18.2 Å². The molecule has 1 saturated heterocycles. The lowest BCUT2D eigenvalue weighted by Gasteiger charge is -2.36. The molecule has 2 heterocycles. The highest BCUT2D eigenvalue weighted by molar-refractivity contribution is 7.90. The number of halogens is 1. The molecule has 21 heavy (non-hydrogen) atoms. The van der Waals surface area contributed by atoms with Crippen molar-refractivity contribution in [3.63, 3.8) is 0 Å². The molecule has 1 unspecified atom stereocenters. The number of anilines is 1. The predicted molar refractivity (Wildman–Crippen MR) is 77.8 cm³/mol. The monoisotopic (exact) mass is 314 g/mol. The van der Waals surface area contributed by atoms with Crippen LogP contribution in [0.1, 0.15) is 24.8 Å². The third kappa shape index (κ3) is 2.54. The van der Waals surface area contributed by atoms with Gasteiger partial charge in [0, 0.05) is 19.1 Å². The number of aliphatic hydroxyl groups excluding tert-OH is 1. The Kier molecular flexibility index (Phi) is 3.90. The van der Waals surface area contributed by atoms with E-state index in [9.17, 15) is 17.9 Å². The van der Waals surface area contributed by atoms with Crippen molar-refractivity contribution in [3.05, 3.63) is 29.6 Å². The maximum atomic E-state index is 13.4. The first-order valence-corrected chi connectivity index (χ1v) is 8.62. The summed E-state index contributed by atoms with van der Waals surface area (Å²) in [6.07, 6.45) is 2.97. The van der Waals surface area contributed by atoms with Gasteiger partial charge in [0.15, 0.2) is 0 Å². The number of fused-ring (bicyclic) bond motifs is 1. The maximum Gasteiger partial charge on any atom is 0.304 e. The molecule has 0 spiro atoms. The molecule has 7 heteroatoms. The van der Waals surface area contributed by atoms with E-state index in [0.29, 0.717) is 31.6 Å². The summed E-state index contributed by atoms with van der Waals surface area (Å²) in [5.41, 5.74) is 1.27. The lowest BCUT2D eigenvalue weighted by Crippen LogP contribution is -2.51. The van der Waals surface area contributed by atoms with Crippen molar-refractivity contribution in [2.24, 2.45) is 0 Å². The number of rotatable bonds is 3. The van der Waals surface area contributed by atoms with Crippen LogP contribution in [0.25, 0.3) is 0 Å². The van der Waals surface area contributed by atoms with Crippen LogP contribution in [0.4, 0.5) is 10.1 Å². The smallest absolute Gasteiger partial charge is 0.304 e. The van der Waals surface area contributed by atoms with Crippen molar-refractivity contribution in [2.45, 2.75) is 31.7 Å². The van der Waals surface area contributed by atoms with Gasteiger partial charge in [-0.3, -0.25) is 4.31 Å². The van der Waals surface area contributed by atoms with Crippen LogP contribution in [0.5, 0.6) is 0 Å². The van der Waals surface area contributed by atoms with Crippen LogP contribution in [0.2, 0.25) is 0 Å². The second-order valence-electron chi connectivity index (χ2n) is 5.55. The van der Waals surface area contributed by atoms with E-state index < -0.39 is 16.0 Å². The molecule has 0 aromatic heterocycles. The van der Waals surface area contributed by atoms with Crippen LogP contribution in [-0.2, 0) is 16.6 Å². The van der Waals surface area contributed by atoms with Crippen molar-refractivity contribution < 1.29 is 17.9 Å². The minimum absolute atomic E-state index is 0.178. The largest absolute Gasteiger partial charge is 0.395 e. The summed E-state index contributed by atoms with van der Waals surface area (Å²) in [5.74, 6) is -0.437. The highest BCUT2D eigenvalue weighted by Gasteiger charge is 2.39. The van der Waals surface area contributed by atoms with Crippen molar-refractivity contribution >= 4 is 15.9 Å². The van der Waals surface area contributed by atoms with E-state index in [-0.39, 0.29) is 12.6 Å². The molecule has 5 nitrogen and oxygen atoms in total. The number of piperidine rings is 1. The van der Waals surface area contributed by atoms with Crippen LogP contribution < -0.4 is 4.31 Å². The molecule has 3 rings (SSSR count). The summed E-state index contributed by atoms with van der Waals surface area (Å²) < 4.78 is 41.8. The molecular weight excluding hydrogens is 295 g/mol. The van der Waals surface area contributed by atoms with Gasteiger partial charge < -0.3 is 5.11 Å². The summed E-state index contributed by atoms with van der Waals surface area (Å²) in [5, 5.41) is 9.42. The van der Waals surface area contributed by atoms with Gasteiger partial charge in [-0.05, 0) is 37.0 Å². The Balaban J connectivity index is 1.95. The molecule has 2 aliphatic rings. The zero-order chi connectivity index (χ0) is 15.0. The molecule has 116 valence electrons. The molecule has 0 radical (unpaired) electrons. The Morgan fingerprint density at radius 1 is 1.29 bits per heavy atom. The molecule has 1 atom stereocenters. The summed E-state index contributed by atoms with van der Waals surface area (Å²) in [7, 11) is -3.71. The Bertz CT molecular complexity index is 635. The average Bonchev–Trinajstić information content (AvgIpc) is 2.90. The van der Waals surface area contributed by atoms with Crippen molar-refractivity contribution in [1.29, 1.82) is 0 Å². The topological polar surface area (TPSA) is 60.9 Å². The minimum Gasteiger partial charge on any atom is -0.395 e. The Hall–Kier alpha value is -1.18. The quantitative estimate of drug-likeness (QED) is 0.914. The van der Waals surface area contributed by atoms with Gasteiger partial charge in [0.1, 0.15) is 5.82 Å². The predicted octanol–water partition coefficient (Wildman–Crippen LogP) is 1.28. The number of benzene rings is 1. The highest BCUT2D eigenvalue weighted by Crippen LogP contribution is 2.33. The molecule has 0 bridgehead atoms. The van der Waals surface area contributed by atoms with Gasteiger partial charge in [-0.2, -0.15) is 12.7 Å². The second kappa shape index (κ2) is 5.55. The first-order valence-electron chi connectivity index (χ1n) is 7.23. The third-order valence-electron chi connectivity index (χ3n) is 4.26. The number of hydrogen-bond donors (Lipinski definition) is 1. The molecule has 0 amide bonds. The highest BCUT2D eigenvalue weighted by atomic mass is 32.2.